The molecule has 0 saturated carbocycles. The van der Waals surface area contributed by atoms with Crippen LogP contribution in [-0.2, 0) is 4.74 Å². The molecule has 0 amide bonds. The third-order valence-electron chi connectivity index (χ3n) is 3.20. The Kier molecular flexibility index (Phi) is 4.43. The summed E-state index contributed by atoms with van der Waals surface area (Å²) < 4.78 is 5.24. The molecule has 0 radical (unpaired) electrons. The fraction of sp³-hybridized carbons (Fsp3) is 0.500. The fourth-order valence-electron chi connectivity index (χ4n) is 2.09. The van der Waals surface area contributed by atoms with Gasteiger partial charge in [-0.15, -0.1) is 0 Å². The summed E-state index contributed by atoms with van der Waals surface area (Å²) in [5.74, 6) is 0. The van der Waals surface area contributed by atoms with Gasteiger partial charge in [0.05, 0.1) is 18.0 Å². The van der Waals surface area contributed by atoms with Gasteiger partial charge < -0.3 is 35.8 Å². The maximum atomic E-state index is 11.1. The maximum Gasteiger partial charge on any atom is 0.157 e. The highest BCUT2D eigenvalue weighted by atomic mass is 16.8. The van der Waals surface area contributed by atoms with E-state index in [0.717, 1.165) is 5.56 Å². The van der Waals surface area contributed by atoms with E-state index >= 15 is 0 Å². The van der Waals surface area contributed by atoms with Crippen molar-refractivity contribution >= 4 is 11.4 Å². The van der Waals surface area contributed by atoms with Gasteiger partial charge in [-0.25, -0.2) is 0 Å². The molecule has 1 aliphatic heterocycles. The third-order valence-corrected chi connectivity index (χ3v) is 3.20. The Morgan fingerprint density at radius 2 is 2.05 bits per heavy atom. The van der Waals surface area contributed by atoms with Crippen molar-refractivity contribution in [3.05, 3.63) is 29.0 Å². The summed E-state index contributed by atoms with van der Waals surface area (Å²) in [5, 5.41) is 51.0. The van der Waals surface area contributed by atoms with Crippen LogP contribution >= 0.6 is 0 Å². The van der Waals surface area contributed by atoms with Gasteiger partial charge in [0.2, 0.25) is 0 Å². The molecule has 0 unspecified atom stereocenters. The molecule has 20 heavy (non-hydrogen) atoms. The van der Waals surface area contributed by atoms with Crippen LogP contribution in [0.2, 0.25) is 0 Å². The summed E-state index contributed by atoms with van der Waals surface area (Å²) in [5.41, 5.74) is 0.965. The van der Waals surface area contributed by atoms with Crippen LogP contribution in [0.25, 0.3) is 0 Å². The zero-order chi connectivity index (χ0) is 14.9. The number of hydrogen-bond acceptors (Lipinski definition) is 8. The molecule has 5 N–H and O–H groups in total. The highest BCUT2D eigenvalue weighted by molar-refractivity contribution is 5.70. The van der Waals surface area contributed by atoms with Crippen LogP contribution in [0.3, 0.4) is 0 Å². The average molecular weight is 285 g/mol. The molecule has 112 valence electrons. The van der Waals surface area contributed by atoms with Crippen molar-refractivity contribution in [3.8, 4) is 0 Å². The molecule has 0 bridgehead atoms. The quantitative estimate of drug-likeness (QED) is 0.470. The van der Waals surface area contributed by atoms with Crippen molar-refractivity contribution in [1.82, 2.24) is 0 Å². The van der Waals surface area contributed by atoms with Crippen molar-refractivity contribution in [2.75, 3.05) is 17.2 Å². The van der Waals surface area contributed by atoms with Gasteiger partial charge in [0.25, 0.3) is 0 Å². The number of aliphatic hydroxyl groups is 3. The lowest BCUT2D eigenvalue weighted by Gasteiger charge is -2.27. The van der Waals surface area contributed by atoms with E-state index in [1.54, 1.807) is 19.1 Å². The summed E-state index contributed by atoms with van der Waals surface area (Å²) in [4.78, 5) is 0. The second-order valence-corrected chi connectivity index (χ2v) is 4.70. The number of ether oxygens (including phenoxy) is 1. The Hall–Kier alpha value is -1.42. The van der Waals surface area contributed by atoms with Crippen molar-refractivity contribution in [1.29, 1.82) is 0 Å². The van der Waals surface area contributed by atoms with Gasteiger partial charge in [0.1, 0.15) is 18.3 Å². The summed E-state index contributed by atoms with van der Waals surface area (Å²) in [7, 11) is 0. The SMILES string of the molecule is Cc1ccc(N[C@@H]2O[C@H](CO)[C@@H](O)[C@H]2O)c(N([O-])O)c1. The van der Waals surface area contributed by atoms with Crippen molar-refractivity contribution < 1.29 is 25.3 Å². The topological polar surface area (TPSA) is 128 Å². The zero-order valence-electron chi connectivity index (χ0n) is 10.8. The van der Waals surface area contributed by atoms with Gasteiger partial charge in [-0.05, 0) is 24.6 Å². The molecule has 8 heteroatoms. The lowest BCUT2D eigenvalue weighted by atomic mass is 10.1. The van der Waals surface area contributed by atoms with Gasteiger partial charge in [0, 0.05) is 0 Å². The summed E-state index contributed by atoms with van der Waals surface area (Å²) in [6.07, 6.45) is -4.40. The van der Waals surface area contributed by atoms with Crippen molar-refractivity contribution in [2.45, 2.75) is 31.5 Å². The minimum absolute atomic E-state index is 0.0391. The van der Waals surface area contributed by atoms with Crippen LogP contribution in [0.4, 0.5) is 11.4 Å². The van der Waals surface area contributed by atoms with Crippen LogP contribution < -0.4 is 10.5 Å². The molecule has 2 rings (SSSR count). The van der Waals surface area contributed by atoms with E-state index in [2.05, 4.69) is 5.32 Å². The van der Waals surface area contributed by atoms with Crippen molar-refractivity contribution in [3.63, 3.8) is 0 Å². The molecule has 0 spiro atoms. The number of anilines is 2. The van der Waals surface area contributed by atoms with E-state index in [1.807, 2.05) is 0 Å². The standard InChI is InChI=1S/C12H17N2O6/c1-6-2-3-7(8(4-6)14(18)19)13-12-11(17)10(16)9(5-15)20-12/h2-4,9-13,15-18H,5H2,1H3/q-1/t9-,10-,11-,12-/m1/s1. The van der Waals surface area contributed by atoms with Gasteiger partial charge in [-0.3, -0.25) is 5.21 Å². The summed E-state index contributed by atoms with van der Waals surface area (Å²) in [6, 6.07) is 4.70. The first-order valence-electron chi connectivity index (χ1n) is 6.10. The molecule has 1 saturated heterocycles. The number of benzene rings is 1. The molecule has 4 atom stereocenters. The largest absolute Gasteiger partial charge is 0.733 e. The maximum absolute atomic E-state index is 11.1. The van der Waals surface area contributed by atoms with E-state index in [9.17, 15) is 15.4 Å². The molecule has 1 heterocycles. The number of rotatable bonds is 4. The van der Waals surface area contributed by atoms with Crippen molar-refractivity contribution in [2.24, 2.45) is 0 Å². The van der Waals surface area contributed by atoms with Crippen LogP contribution in [-0.4, -0.2) is 51.7 Å². The predicted molar refractivity (Wildman–Crippen MR) is 70.2 cm³/mol. The van der Waals surface area contributed by atoms with Crippen LogP contribution in [0, 0.1) is 12.1 Å². The predicted octanol–water partition coefficient (Wildman–Crippen LogP) is -0.461. The Morgan fingerprint density at radius 3 is 2.60 bits per heavy atom. The summed E-state index contributed by atoms with van der Waals surface area (Å²) >= 11 is 0. The minimum Gasteiger partial charge on any atom is -0.733 e. The molecule has 8 nitrogen and oxygen atoms in total. The first-order chi connectivity index (χ1) is 9.43. The number of aryl methyl sites for hydroxylation is 1. The van der Waals surface area contributed by atoms with Gasteiger partial charge in [0.15, 0.2) is 6.23 Å². The zero-order valence-corrected chi connectivity index (χ0v) is 10.8. The molecule has 1 fully saturated rings. The minimum atomic E-state index is -1.26. The molecular formula is C12H17N2O6-. The van der Waals surface area contributed by atoms with Gasteiger partial charge in [-0.1, -0.05) is 6.07 Å². The average Bonchev–Trinajstić information content (AvgIpc) is 2.68. The number of nitrogens with one attached hydrogen (secondary N) is 1. The molecule has 0 aliphatic carbocycles. The number of hydrogen-bond donors (Lipinski definition) is 5. The first-order valence-corrected chi connectivity index (χ1v) is 6.10. The lowest BCUT2D eigenvalue weighted by Crippen LogP contribution is -2.36. The molecule has 0 aromatic heterocycles. The monoisotopic (exact) mass is 285 g/mol. The third kappa shape index (κ3) is 2.85. The second kappa shape index (κ2) is 5.92. The molecule has 1 aliphatic rings. The Bertz CT molecular complexity index is 469. The van der Waals surface area contributed by atoms with Crippen LogP contribution in [0.15, 0.2) is 18.2 Å². The van der Waals surface area contributed by atoms with E-state index in [-0.39, 0.29) is 16.6 Å². The van der Waals surface area contributed by atoms with E-state index in [0.29, 0.717) is 0 Å². The number of nitrogens with zero attached hydrogens (tertiary/aromatic N) is 1. The summed E-state index contributed by atoms with van der Waals surface area (Å²) in [6.45, 7) is 1.31. The van der Waals surface area contributed by atoms with E-state index in [1.165, 1.54) is 6.07 Å². The first kappa shape index (κ1) is 15.0. The Morgan fingerprint density at radius 1 is 1.35 bits per heavy atom. The molecule has 1 aromatic rings. The molecule has 1 aromatic carbocycles. The number of aliphatic hydroxyl groups excluding tert-OH is 3. The second-order valence-electron chi connectivity index (χ2n) is 4.70. The Balaban J connectivity index is 2.18. The smallest absolute Gasteiger partial charge is 0.157 e. The van der Waals surface area contributed by atoms with Crippen LogP contribution in [0.5, 0.6) is 0 Å². The normalized spacial score (nSPS) is 29.5. The van der Waals surface area contributed by atoms with Gasteiger partial charge >= 0.3 is 0 Å². The van der Waals surface area contributed by atoms with Gasteiger partial charge in [-0.2, -0.15) is 0 Å². The van der Waals surface area contributed by atoms with E-state index < -0.39 is 31.1 Å². The lowest BCUT2D eigenvalue weighted by molar-refractivity contribution is -0.0153. The fourth-order valence-corrected chi connectivity index (χ4v) is 2.09. The highest BCUT2D eigenvalue weighted by Gasteiger charge is 2.42. The molecular weight excluding hydrogens is 268 g/mol. The van der Waals surface area contributed by atoms with E-state index in [4.69, 9.17) is 15.1 Å². The highest BCUT2D eigenvalue weighted by Crippen LogP contribution is 2.29. The van der Waals surface area contributed by atoms with Crippen LogP contribution in [0.1, 0.15) is 5.56 Å². The Labute approximate surface area is 115 Å².